The maximum Gasteiger partial charge on any atom is 0.409 e. The van der Waals surface area contributed by atoms with Gasteiger partial charge in [0, 0.05) is 14.7 Å². The summed E-state index contributed by atoms with van der Waals surface area (Å²) in [6.45, 7) is 7.79. The second-order valence-electron chi connectivity index (χ2n) is 4.55. The van der Waals surface area contributed by atoms with Crippen LogP contribution in [-0.4, -0.2) is 18.5 Å². The van der Waals surface area contributed by atoms with E-state index in [0.29, 0.717) is 10.6 Å². The van der Waals surface area contributed by atoms with Crippen molar-refractivity contribution in [2.45, 2.75) is 17.1 Å². The summed E-state index contributed by atoms with van der Waals surface area (Å²) in [5.74, 6) is 0. The molecule has 0 aliphatic carbocycles. The van der Waals surface area contributed by atoms with Crippen molar-refractivity contribution in [3.63, 3.8) is 0 Å². The van der Waals surface area contributed by atoms with Crippen LogP contribution in [0.4, 0.5) is 13.2 Å². The van der Waals surface area contributed by atoms with E-state index in [1.54, 1.807) is 11.8 Å². The lowest BCUT2D eigenvalue weighted by Crippen LogP contribution is -2.42. The predicted molar refractivity (Wildman–Crippen MR) is 88.2 cm³/mol. The quantitative estimate of drug-likeness (QED) is 0.766. The number of benzene rings is 1. The highest BCUT2D eigenvalue weighted by Crippen LogP contribution is 2.36. The van der Waals surface area contributed by atoms with Gasteiger partial charge in [0.15, 0.2) is 0 Å². The normalized spacial score (nSPS) is 17.8. The molecule has 0 fully saturated rings. The monoisotopic (exact) mass is 344 g/mol. The summed E-state index contributed by atoms with van der Waals surface area (Å²) in [4.78, 5) is 2.32. The number of hydrogen-bond donors (Lipinski definition) is 2. The first-order chi connectivity index (χ1) is 10.3. The van der Waals surface area contributed by atoms with E-state index in [1.807, 2.05) is 30.5 Å². The smallest absolute Gasteiger partial charge is 0.320 e. The number of hydrogen-bond acceptors (Lipinski definition) is 4. The Hall–Kier alpha value is -1.31. The average molecular weight is 344 g/mol. The van der Waals surface area contributed by atoms with Crippen molar-refractivity contribution in [3.05, 3.63) is 59.7 Å². The first-order valence-electron chi connectivity index (χ1n) is 6.32. The van der Waals surface area contributed by atoms with Crippen LogP contribution in [0.2, 0.25) is 0 Å². The molecule has 1 atom stereocenters. The van der Waals surface area contributed by atoms with Crippen LogP contribution < -0.4 is 10.9 Å². The molecule has 1 unspecified atom stereocenters. The summed E-state index contributed by atoms with van der Waals surface area (Å²) < 4.78 is 37.8. The van der Waals surface area contributed by atoms with E-state index in [1.165, 1.54) is 11.8 Å². The standard InChI is InChI=1S/C15H15F3N2S2/c1-9(11-5-4-6-12(7-11)21-3)22-10(2)13-8-14(20-19-13)15(16,17)18/h4-8,14,19-20H,1-2H2,3H3. The van der Waals surface area contributed by atoms with Crippen LogP contribution in [0.15, 0.2) is 59.0 Å². The Morgan fingerprint density at radius 1 is 1.23 bits per heavy atom. The van der Waals surface area contributed by atoms with Crippen LogP contribution >= 0.6 is 23.5 Å². The average Bonchev–Trinajstić information content (AvgIpc) is 2.97. The van der Waals surface area contributed by atoms with Crippen LogP contribution in [0.3, 0.4) is 0 Å². The molecular formula is C15H15F3N2S2. The third kappa shape index (κ3) is 4.12. The van der Waals surface area contributed by atoms with E-state index in [4.69, 9.17) is 0 Å². The zero-order valence-corrected chi connectivity index (χ0v) is 13.5. The number of hydrazine groups is 1. The fraction of sp³-hybridized carbons (Fsp3) is 0.200. The van der Waals surface area contributed by atoms with Gasteiger partial charge in [0.1, 0.15) is 6.04 Å². The summed E-state index contributed by atoms with van der Waals surface area (Å²) in [7, 11) is 0. The van der Waals surface area contributed by atoms with E-state index in [-0.39, 0.29) is 0 Å². The molecule has 1 aliphatic heterocycles. The van der Waals surface area contributed by atoms with Crippen molar-refractivity contribution in [1.82, 2.24) is 10.9 Å². The highest BCUT2D eigenvalue weighted by atomic mass is 32.2. The molecule has 0 spiro atoms. The molecule has 1 aromatic carbocycles. The van der Waals surface area contributed by atoms with Crippen LogP contribution in [0.1, 0.15) is 5.56 Å². The minimum Gasteiger partial charge on any atom is -0.320 e. The largest absolute Gasteiger partial charge is 0.409 e. The predicted octanol–water partition coefficient (Wildman–Crippen LogP) is 4.55. The summed E-state index contributed by atoms with van der Waals surface area (Å²) in [6, 6.07) is 6.10. The van der Waals surface area contributed by atoms with E-state index < -0.39 is 12.2 Å². The van der Waals surface area contributed by atoms with Crippen molar-refractivity contribution in [1.29, 1.82) is 0 Å². The second kappa shape index (κ2) is 6.85. The number of alkyl halides is 3. The van der Waals surface area contributed by atoms with Gasteiger partial charge in [0.05, 0.1) is 5.70 Å². The SMILES string of the molecule is C=C(SC(=C)c1cccc(SC)c1)C1=CC(C(F)(F)F)NN1. The Balaban J connectivity index is 2.04. The Labute approximate surface area is 135 Å². The molecular weight excluding hydrogens is 329 g/mol. The van der Waals surface area contributed by atoms with Crippen LogP contribution in [0.5, 0.6) is 0 Å². The molecule has 0 bridgehead atoms. The summed E-state index contributed by atoms with van der Waals surface area (Å²) >= 11 is 2.86. The Bertz CT molecular complexity index is 623. The van der Waals surface area contributed by atoms with Gasteiger partial charge in [-0.25, -0.2) is 5.43 Å². The number of thioether (sulfide) groups is 2. The molecule has 0 amide bonds. The molecule has 2 N–H and O–H groups in total. The van der Waals surface area contributed by atoms with E-state index >= 15 is 0 Å². The minimum absolute atomic E-state index is 0.328. The van der Waals surface area contributed by atoms with Crippen molar-refractivity contribution >= 4 is 28.4 Å². The first-order valence-corrected chi connectivity index (χ1v) is 8.36. The minimum atomic E-state index is -4.33. The molecule has 0 saturated carbocycles. The molecule has 2 rings (SSSR count). The fourth-order valence-electron chi connectivity index (χ4n) is 1.80. The third-order valence-corrected chi connectivity index (χ3v) is 4.66. The molecule has 0 radical (unpaired) electrons. The van der Waals surface area contributed by atoms with Crippen LogP contribution in [0, 0.1) is 0 Å². The van der Waals surface area contributed by atoms with Gasteiger partial charge in [-0.1, -0.05) is 37.1 Å². The Morgan fingerprint density at radius 2 is 1.95 bits per heavy atom. The summed E-state index contributed by atoms with van der Waals surface area (Å²) in [5.41, 5.74) is 5.96. The van der Waals surface area contributed by atoms with E-state index in [0.717, 1.165) is 21.4 Å². The first kappa shape index (κ1) is 17.1. The third-order valence-electron chi connectivity index (χ3n) is 2.99. The van der Waals surface area contributed by atoms with Crippen molar-refractivity contribution < 1.29 is 13.2 Å². The highest BCUT2D eigenvalue weighted by molar-refractivity contribution is 8.11. The topological polar surface area (TPSA) is 24.1 Å². The van der Waals surface area contributed by atoms with Gasteiger partial charge in [0.2, 0.25) is 0 Å². The highest BCUT2D eigenvalue weighted by Gasteiger charge is 2.41. The molecule has 0 aromatic heterocycles. The lowest BCUT2D eigenvalue weighted by Gasteiger charge is -2.12. The molecule has 0 saturated heterocycles. The maximum absolute atomic E-state index is 12.6. The van der Waals surface area contributed by atoms with Crippen LogP contribution in [-0.2, 0) is 0 Å². The number of nitrogens with one attached hydrogen (secondary N) is 2. The van der Waals surface area contributed by atoms with Crippen molar-refractivity contribution in [2.24, 2.45) is 0 Å². The number of halogens is 3. The lowest BCUT2D eigenvalue weighted by atomic mass is 10.2. The molecule has 1 aliphatic rings. The zero-order valence-electron chi connectivity index (χ0n) is 11.8. The van der Waals surface area contributed by atoms with Gasteiger partial charge in [-0.3, -0.25) is 0 Å². The van der Waals surface area contributed by atoms with Crippen molar-refractivity contribution in [2.75, 3.05) is 6.26 Å². The lowest BCUT2D eigenvalue weighted by molar-refractivity contribution is -0.144. The molecule has 22 heavy (non-hydrogen) atoms. The molecule has 7 heteroatoms. The molecule has 2 nitrogen and oxygen atoms in total. The van der Waals surface area contributed by atoms with Crippen molar-refractivity contribution in [3.8, 4) is 0 Å². The van der Waals surface area contributed by atoms with Gasteiger partial charge in [-0.15, -0.1) is 11.8 Å². The zero-order chi connectivity index (χ0) is 16.3. The van der Waals surface area contributed by atoms with E-state index in [9.17, 15) is 13.2 Å². The number of rotatable bonds is 5. The Morgan fingerprint density at radius 3 is 2.55 bits per heavy atom. The van der Waals surface area contributed by atoms with Gasteiger partial charge >= 0.3 is 6.18 Å². The summed E-state index contributed by atoms with van der Waals surface area (Å²) in [6.07, 6.45) is -1.27. The molecule has 118 valence electrons. The second-order valence-corrected chi connectivity index (χ2v) is 6.62. The fourth-order valence-corrected chi connectivity index (χ4v) is 3.03. The van der Waals surface area contributed by atoms with Gasteiger partial charge in [0.25, 0.3) is 0 Å². The molecule has 1 heterocycles. The Kier molecular flexibility index (Phi) is 5.31. The van der Waals surface area contributed by atoms with Gasteiger partial charge < -0.3 is 5.43 Å². The molecule has 1 aromatic rings. The van der Waals surface area contributed by atoms with Crippen LogP contribution in [0.25, 0.3) is 4.91 Å². The van der Waals surface area contributed by atoms with E-state index in [2.05, 4.69) is 24.0 Å². The summed E-state index contributed by atoms with van der Waals surface area (Å²) in [5, 5.41) is 0. The van der Waals surface area contributed by atoms with Gasteiger partial charge in [-0.05, 0) is 30.0 Å². The van der Waals surface area contributed by atoms with Gasteiger partial charge in [-0.2, -0.15) is 13.2 Å². The maximum atomic E-state index is 12.6.